The van der Waals surface area contributed by atoms with Crippen LogP contribution in [0.1, 0.15) is 18.3 Å². The summed E-state index contributed by atoms with van der Waals surface area (Å²) < 4.78 is 33.2. The Kier molecular flexibility index (Phi) is 6.71. The zero-order chi connectivity index (χ0) is 22.1. The summed E-state index contributed by atoms with van der Waals surface area (Å²) in [5.74, 6) is 0.0288. The molecule has 160 valence electrons. The number of sulfonamides is 1. The first kappa shape index (κ1) is 22.6. The minimum atomic E-state index is -3.57. The summed E-state index contributed by atoms with van der Waals surface area (Å²) in [4.78, 5) is 16.9. The summed E-state index contributed by atoms with van der Waals surface area (Å²) in [5, 5.41) is 0.796. The minimum Gasteiger partial charge on any atom is -0.457 e. The lowest BCUT2D eigenvalue weighted by atomic mass is 10.1. The monoisotopic (exact) mass is 469 g/mol. The zero-order valence-electron chi connectivity index (χ0n) is 16.7. The van der Waals surface area contributed by atoms with Gasteiger partial charge in [0.2, 0.25) is 10.0 Å². The predicted octanol–water partition coefficient (Wildman–Crippen LogP) is 3.90. The molecule has 3 rings (SSSR count). The molecule has 0 amide bonds. The summed E-state index contributed by atoms with van der Waals surface area (Å²) >= 11 is 12.2. The summed E-state index contributed by atoms with van der Waals surface area (Å²) in [7, 11) is -0.628. The van der Waals surface area contributed by atoms with Crippen molar-refractivity contribution in [2.75, 3.05) is 14.1 Å². The fourth-order valence-electron chi connectivity index (χ4n) is 3.04. The first-order valence-corrected chi connectivity index (χ1v) is 11.3. The van der Waals surface area contributed by atoms with Gasteiger partial charge in [0, 0.05) is 36.2 Å². The van der Waals surface area contributed by atoms with E-state index >= 15 is 0 Å². The van der Waals surface area contributed by atoms with Crippen LogP contribution in [0.15, 0.2) is 41.3 Å². The third-order valence-corrected chi connectivity index (χ3v) is 7.16. The number of hydrogen-bond donors (Lipinski definition) is 0. The second kappa shape index (κ2) is 8.93. The van der Waals surface area contributed by atoms with E-state index in [2.05, 4.69) is 4.98 Å². The zero-order valence-corrected chi connectivity index (χ0v) is 19.1. The van der Waals surface area contributed by atoms with E-state index in [-0.39, 0.29) is 17.9 Å². The van der Waals surface area contributed by atoms with Gasteiger partial charge in [-0.25, -0.2) is 17.7 Å². The van der Waals surface area contributed by atoms with Crippen LogP contribution in [0.25, 0.3) is 11.0 Å². The molecule has 0 bridgehead atoms. The molecular formula is C20H21Cl2N3O4S. The lowest BCUT2D eigenvalue weighted by Crippen LogP contribution is -2.22. The Balaban J connectivity index is 1.83. The number of hydrogen-bond acceptors (Lipinski definition) is 5. The van der Waals surface area contributed by atoms with Crippen LogP contribution in [0.3, 0.4) is 0 Å². The number of aromatic nitrogens is 2. The molecule has 10 heteroatoms. The SMILES string of the molecule is CCn1c(COC(=O)Cc2c(Cl)cccc2Cl)nc2cc(S(=O)(=O)N(C)C)ccc21. The molecular weight excluding hydrogens is 449 g/mol. The number of rotatable bonds is 7. The molecule has 1 aromatic heterocycles. The third kappa shape index (κ3) is 4.46. The second-order valence-electron chi connectivity index (χ2n) is 6.75. The standard InChI is InChI=1S/C20H21Cl2N3O4S/c1-4-25-18-9-8-13(30(27,28)24(2)3)10-17(18)23-19(25)12-29-20(26)11-14-15(21)6-5-7-16(14)22/h5-10H,4,11-12H2,1-3H3. The van der Waals surface area contributed by atoms with Gasteiger partial charge in [-0.3, -0.25) is 4.79 Å². The topological polar surface area (TPSA) is 81.5 Å². The number of ether oxygens (including phenoxy) is 1. The molecule has 0 spiro atoms. The molecule has 0 saturated heterocycles. The number of carbonyl (C=O) groups excluding carboxylic acids is 1. The van der Waals surface area contributed by atoms with Crippen LogP contribution in [-0.2, 0) is 39.1 Å². The van der Waals surface area contributed by atoms with Crippen molar-refractivity contribution in [3.8, 4) is 0 Å². The van der Waals surface area contributed by atoms with Crippen LogP contribution in [0.2, 0.25) is 10.0 Å². The highest BCUT2D eigenvalue weighted by Crippen LogP contribution is 2.26. The van der Waals surface area contributed by atoms with Gasteiger partial charge in [0.1, 0.15) is 12.4 Å². The molecule has 0 saturated carbocycles. The molecule has 0 radical (unpaired) electrons. The molecule has 0 unspecified atom stereocenters. The Morgan fingerprint density at radius 1 is 1.17 bits per heavy atom. The molecule has 30 heavy (non-hydrogen) atoms. The third-order valence-electron chi connectivity index (χ3n) is 4.64. The first-order valence-electron chi connectivity index (χ1n) is 9.15. The highest BCUT2D eigenvalue weighted by atomic mass is 35.5. The van der Waals surface area contributed by atoms with E-state index in [0.717, 1.165) is 9.82 Å². The summed E-state index contributed by atoms with van der Waals surface area (Å²) in [6, 6.07) is 9.79. The van der Waals surface area contributed by atoms with E-state index in [0.29, 0.717) is 33.5 Å². The molecule has 0 N–H and O–H groups in total. The number of halogens is 2. The maximum Gasteiger partial charge on any atom is 0.310 e. The quantitative estimate of drug-likeness (QED) is 0.490. The number of esters is 1. The van der Waals surface area contributed by atoms with E-state index in [1.165, 1.54) is 20.2 Å². The van der Waals surface area contributed by atoms with Gasteiger partial charge in [0.25, 0.3) is 0 Å². The van der Waals surface area contributed by atoms with E-state index in [4.69, 9.17) is 27.9 Å². The number of fused-ring (bicyclic) bond motifs is 1. The van der Waals surface area contributed by atoms with Crippen LogP contribution in [0.5, 0.6) is 0 Å². The fraction of sp³-hybridized carbons (Fsp3) is 0.300. The van der Waals surface area contributed by atoms with Crippen molar-refractivity contribution < 1.29 is 17.9 Å². The lowest BCUT2D eigenvalue weighted by molar-refractivity contribution is -0.144. The maximum absolute atomic E-state index is 12.4. The van der Waals surface area contributed by atoms with Crippen molar-refractivity contribution in [3.63, 3.8) is 0 Å². The summed E-state index contributed by atoms with van der Waals surface area (Å²) in [6.45, 7) is 2.46. The van der Waals surface area contributed by atoms with Crippen LogP contribution >= 0.6 is 23.2 Å². The Hall–Kier alpha value is -2.13. The van der Waals surface area contributed by atoms with Crippen molar-refractivity contribution in [2.45, 2.75) is 31.4 Å². The second-order valence-corrected chi connectivity index (χ2v) is 9.71. The largest absolute Gasteiger partial charge is 0.457 e. The van der Waals surface area contributed by atoms with Gasteiger partial charge in [-0.2, -0.15) is 0 Å². The first-order chi connectivity index (χ1) is 14.1. The van der Waals surface area contributed by atoms with Crippen LogP contribution < -0.4 is 0 Å². The molecule has 3 aromatic rings. The highest BCUT2D eigenvalue weighted by molar-refractivity contribution is 7.89. The molecule has 2 aromatic carbocycles. The number of aryl methyl sites for hydroxylation is 1. The number of nitrogens with zero attached hydrogens (tertiary/aromatic N) is 3. The van der Waals surface area contributed by atoms with Gasteiger partial charge < -0.3 is 9.30 Å². The van der Waals surface area contributed by atoms with Crippen molar-refractivity contribution in [1.82, 2.24) is 13.9 Å². The summed E-state index contributed by atoms with van der Waals surface area (Å²) in [5.41, 5.74) is 1.78. The Labute approximate surface area is 185 Å². The summed E-state index contributed by atoms with van der Waals surface area (Å²) in [6.07, 6.45) is -0.0594. The molecule has 0 atom stereocenters. The van der Waals surface area contributed by atoms with E-state index < -0.39 is 16.0 Å². The fourth-order valence-corrected chi connectivity index (χ4v) is 4.49. The minimum absolute atomic E-state index is 0.0564. The van der Waals surface area contributed by atoms with Crippen molar-refractivity contribution in [2.24, 2.45) is 0 Å². The van der Waals surface area contributed by atoms with Gasteiger partial charge in [0.05, 0.1) is 22.3 Å². The van der Waals surface area contributed by atoms with E-state index in [9.17, 15) is 13.2 Å². The average molecular weight is 470 g/mol. The highest BCUT2D eigenvalue weighted by Gasteiger charge is 2.20. The number of carbonyl (C=O) groups is 1. The number of benzene rings is 2. The lowest BCUT2D eigenvalue weighted by Gasteiger charge is -2.11. The van der Waals surface area contributed by atoms with Crippen molar-refractivity contribution in [1.29, 1.82) is 0 Å². The van der Waals surface area contributed by atoms with Crippen molar-refractivity contribution >= 4 is 50.2 Å². The van der Waals surface area contributed by atoms with Gasteiger partial charge in [-0.15, -0.1) is 0 Å². The maximum atomic E-state index is 12.4. The Bertz CT molecular complexity index is 1190. The van der Waals surface area contributed by atoms with E-state index in [1.807, 2.05) is 11.5 Å². The molecule has 7 nitrogen and oxygen atoms in total. The smallest absolute Gasteiger partial charge is 0.310 e. The van der Waals surface area contributed by atoms with Gasteiger partial charge in [0.15, 0.2) is 0 Å². The Morgan fingerprint density at radius 3 is 2.43 bits per heavy atom. The molecule has 0 aliphatic heterocycles. The van der Waals surface area contributed by atoms with Gasteiger partial charge in [-0.1, -0.05) is 29.3 Å². The molecule has 0 aliphatic rings. The average Bonchev–Trinajstić information content (AvgIpc) is 3.05. The molecule has 1 heterocycles. The molecule has 0 fully saturated rings. The molecule has 0 aliphatic carbocycles. The normalized spacial score (nSPS) is 11.9. The number of imidazole rings is 1. The van der Waals surface area contributed by atoms with Crippen LogP contribution in [0.4, 0.5) is 0 Å². The van der Waals surface area contributed by atoms with Crippen LogP contribution in [-0.4, -0.2) is 42.3 Å². The van der Waals surface area contributed by atoms with Gasteiger partial charge >= 0.3 is 5.97 Å². The predicted molar refractivity (Wildman–Crippen MR) is 116 cm³/mol. The Morgan fingerprint density at radius 2 is 1.83 bits per heavy atom. The van der Waals surface area contributed by atoms with Crippen LogP contribution in [0, 0.1) is 0 Å². The van der Waals surface area contributed by atoms with E-state index in [1.54, 1.807) is 30.3 Å². The van der Waals surface area contributed by atoms with Crippen molar-refractivity contribution in [3.05, 3.63) is 57.8 Å². The van der Waals surface area contributed by atoms with Gasteiger partial charge in [-0.05, 0) is 37.3 Å².